The Morgan fingerprint density at radius 2 is 2.33 bits per heavy atom. The van der Waals surface area contributed by atoms with Crippen molar-refractivity contribution in [3.8, 4) is 0 Å². The topological polar surface area (TPSA) is 15.3 Å². The predicted octanol–water partition coefficient (Wildman–Crippen LogP) is 2.61. The molecule has 15 heavy (non-hydrogen) atoms. The summed E-state index contributed by atoms with van der Waals surface area (Å²) in [5.74, 6) is 0.717. The lowest BCUT2D eigenvalue weighted by atomic mass is 9.97. The fourth-order valence-corrected chi connectivity index (χ4v) is 3.69. The van der Waals surface area contributed by atoms with Gasteiger partial charge in [-0.2, -0.15) is 0 Å². The van der Waals surface area contributed by atoms with Gasteiger partial charge in [0.05, 0.1) is 4.34 Å². The first kappa shape index (κ1) is 11.4. The molecule has 1 saturated heterocycles. The molecule has 0 aromatic carbocycles. The molecular weight excluding hydrogens is 228 g/mol. The first-order valence-corrected chi connectivity index (χ1v) is 6.50. The van der Waals surface area contributed by atoms with Crippen LogP contribution in [0, 0.1) is 5.92 Å². The second-order valence-electron chi connectivity index (χ2n) is 4.30. The largest absolute Gasteiger partial charge is 0.316 e. The summed E-state index contributed by atoms with van der Waals surface area (Å²) in [6.07, 6.45) is 1.26. The van der Waals surface area contributed by atoms with Crippen LogP contribution in [0.2, 0.25) is 4.34 Å². The Hall–Kier alpha value is -0.0900. The zero-order valence-corrected chi connectivity index (χ0v) is 10.7. The van der Waals surface area contributed by atoms with E-state index in [4.69, 9.17) is 11.6 Å². The highest BCUT2D eigenvalue weighted by Crippen LogP contribution is 2.36. The minimum atomic E-state index is 0.512. The van der Waals surface area contributed by atoms with Gasteiger partial charge in [0.2, 0.25) is 0 Å². The highest BCUT2D eigenvalue weighted by Gasteiger charge is 2.28. The summed E-state index contributed by atoms with van der Waals surface area (Å²) in [7, 11) is 4.30. The van der Waals surface area contributed by atoms with Gasteiger partial charge in [0, 0.05) is 10.9 Å². The Labute approximate surface area is 100 Å². The Kier molecular flexibility index (Phi) is 3.67. The third-order valence-electron chi connectivity index (χ3n) is 2.99. The molecule has 1 fully saturated rings. The van der Waals surface area contributed by atoms with E-state index in [0.717, 1.165) is 23.3 Å². The van der Waals surface area contributed by atoms with Crippen molar-refractivity contribution in [3.05, 3.63) is 21.3 Å². The van der Waals surface area contributed by atoms with Crippen molar-refractivity contribution in [2.45, 2.75) is 12.5 Å². The molecular formula is C11H17ClN2S. The third kappa shape index (κ3) is 2.53. The van der Waals surface area contributed by atoms with Gasteiger partial charge in [0.25, 0.3) is 0 Å². The van der Waals surface area contributed by atoms with Gasteiger partial charge in [-0.05, 0) is 51.7 Å². The molecule has 0 spiro atoms. The molecule has 2 nitrogen and oxygen atoms in total. The van der Waals surface area contributed by atoms with Crippen molar-refractivity contribution in [2.75, 3.05) is 27.2 Å². The van der Waals surface area contributed by atoms with E-state index in [-0.39, 0.29) is 0 Å². The molecule has 2 rings (SSSR count). The third-order valence-corrected chi connectivity index (χ3v) is 4.29. The van der Waals surface area contributed by atoms with Crippen molar-refractivity contribution in [3.63, 3.8) is 0 Å². The molecule has 0 amide bonds. The molecule has 2 heterocycles. The molecule has 2 atom stereocenters. The Bertz CT molecular complexity index is 318. The number of rotatable bonds is 3. The average molecular weight is 245 g/mol. The summed E-state index contributed by atoms with van der Waals surface area (Å²) in [6, 6.07) is 4.67. The van der Waals surface area contributed by atoms with Gasteiger partial charge in [-0.3, -0.25) is 0 Å². The highest BCUT2D eigenvalue weighted by molar-refractivity contribution is 7.16. The standard InChI is InChI=1S/C11H17ClN2S/c1-14(2)11(8-5-6-13-7-8)9-3-4-10(12)15-9/h3-4,8,11,13H,5-7H2,1-2H3. The molecule has 1 N–H and O–H groups in total. The molecule has 2 unspecified atom stereocenters. The van der Waals surface area contributed by atoms with Crippen LogP contribution in [0.1, 0.15) is 17.3 Å². The molecule has 4 heteroatoms. The minimum absolute atomic E-state index is 0.512. The number of hydrogen-bond donors (Lipinski definition) is 1. The first-order chi connectivity index (χ1) is 7.18. The fourth-order valence-electron chi connectivity index (χ4n) is 2.34. The number of hydrogen-bond acceptors (Lipinski definition) is 3. The molecule has 1 aromatic heterocycles. The van der Waals surface area contributed by atoms with Crippen molar-refractivity contribution in [1.82, 2.24) is 10.2 Å². The number of halogens is 1. The van der Waals surface area contributed by atoms with Crippen molar-refractivity contribution < 1.29 is 0 Å². The summed E-state index contributed by atoms with van der Waals surface area (Å²) in [5, 5.41) is 3.43. The van der Waals surface area contributed by atoms with Gasteiger partial charge in [-0.15, -0.1) is 11.3 Å². The van der Waals surface area contributed by atoms with Gasteiger partial charge in [0.1, 0.15) is 0 Å². The van der Waals surface area contributed by atoms with Crippen LogP contribution in [0.5, 0.6) is 0 Å². The van der Waals surface area contributed by atoms with Crippen LogP contribution in [0.3, 0.4) is 0 Å². The average Bonchev–Trinajstić information content (AvgIpc) is 2.77. The van der Waals surface area contributed by atoms with Crippen LogP contribution in [0.25, 0.3) is 0 Å². The van der Waals surface area contributed by atoms with Gasteiger partial charge in [0.15, 0.2) is 0 Å². The summed E-state index contributed by atoms with van der Waals surface area (Å²) in [4.78, 5) is 3.69. The fraction of sp³-hybridized carbons (Fsp3) is 0.636. The smallest absolute Gasteiger partial charge is 0.0931 e. The zero-order chi connectivity index (χ0) is 10.8. The van der Waals surface area contributed by atoms with Gasteiger partial charge in [-0.25, -0.2) is 0 Å². The van der Waals surface area contributed by atoms with Crippen LogP contribution >= 0.6 is 22.9 Å². The van der Waals surface area contributed by atoms with E-state index in [0.29, 0.717) is 6.04 Å². The maximum Gasteiger partial charge on any atom is 0.0931 e. The summed E-state index contributed by atoms with van der Waals surface area (Å²) < 4.78 is 0.891. The van der Waals surface area contributed by atoms with Gasteiger partial charge >= 0.3 is 0 Å². The maximum absolute atomic E-state index is 6.00. The van der Waals surface area contributed by atoms with Gasteiger partial charge in [-0.1, -0.05) is 11.6 Å². The lowest BCUT2D eigenvalue weighted by molar-refractivity contribution is 0.227. The molecule has 0 radical (unpaired) electrons. The van der Waals surface area contributed by atoms with Crippen LogP contribution in [-0.4, -0.2) is 32.1 Å². The second-order valence-corrected chi connectivity index (χ2v) is 6.05. The SMILES string of the molecule is CN(C)C(c1ccc(Cl)s1)C1CCNC1. The second kappa shape index (κ2) is 4.83. The number of nitrogens with one attached hydrogen (secondary N) is 1. The maximum atomic E-state index is 6.00. The van der Waals surface area contributed by atoms with E-state index in [9.17, 15) is 0 Å². The number of nitrogens with zero attached hydrogens (tertiary/aromatic N) is 1. The first-order valence-electron chi connectivity index (χ1n) is 5.31. The van der Waals surface area contributed by atoms with Crippen LogP contribution in [-0.2, 0) is 0 Å². The molecule has 0 saturated carbocycles. The summed E-state index contributed by atoms with van der Waals surface area (Å²) >= 11 is 7.71. The summed E-state index contributed by atoms with van der Waals surface area (Å²) in [6.45, 7) is 2.27. The highest BCUT2D eigenvalue weighted by atomic mass is 35.5. The van der Waals surface area contributed by atoms with E-state index in [2.05, 4.69) is 30.4 Å². The normalized spacial score (nSPS) is 23.6. The van der Waals surface area contributed by atoms with Crippen LogP contribution in [0.15, 0.2) is 12.1 Å². The lowest BCUT2D eigenvalue weighted by Gasteiger charge is -2.28. The molecule has 0 bridgehead atoms. The van der Waals surface area contributed by atoms with Crippen LogP contribution < -0.4 is 5.32 Å². The molecule has 1 aliphatic rings. The van der Waals surface area contributed by atoms with Crippen molar-refractivity contribution in [1.29, 1.82) is 0 Å². The Balaban J connectivity index is 2.18. The van der Waals surface area contributed by atoms with E-state index >= 15 is 0 Å². The quantitative estimate of drug-likeness (QED) is 0.880. The van der Waals surface area contributed by atoms with Crippen LogP contribution in [0.4, 0.5) is 0 Å². The molecule has 1 aliphatic heterocycles. The van der Waals surface area contributed by atoms with E-state index < -0.39 is 0 Å². The van der Waals surface area contributed by atoms with Crippen molar-refractivity contribution >= 4 is 22.9 Å². The molecule has 0 aliphatic carbocycles. The van der Waals surface area contributed by atoms with Crippen molar-refractivity contribution in [2.24, 2.45) is 5.92 Å². The molecule has 84 valence electrons. The lowest BCUT2D eigenvalue weighted by Crippen LogP contribution is -2.28. The van der Waals surface area contributed by atoms with E-state index in [1.54, 1.807) is 11.3 Å². The monoisotopic (exact) mass is 244 g/mol. The zero-order valence-electron chi connectivity index (χ0n) is 9.16. The molecule has 1 aromatic rings. The van der Waals surface area contributed by atoms with Gasteiger partial charge < -0.3 is 10.2 Å². The minimum Gasteiger partial charge on any atom is -0.316 e. The summed E-state index contributed by atoms with van der Waals surface area (Å²) in [5.41, 5.74) is 0. The number of thiophene rings is 1. The predicted molar refractivity (Wildman–Crippen MR) is 66.7 cm³/mol. The van der Waals surface area contributed by atoms with E-state index in [1.165, 1.54) is 11.3 Å². The van der Waals surface area contributed by atoms with E-state index in [1.807, 2.05) is 6.07 Å². The Morgan fingerprint density at radius 3 is 2.80 bits per heavy atom. The Morgan fingerprint density at radius 1 is 1.53 bits per heavy atom.